The summed E-state index contributed by atoms with van der Waals surface area (Å²) in [6, 6.07) is 6.41. The number of halogens is 2. The smallest absolute Gasteiger partial charge is 0.387 e. The van der Waals surface area contributed by atoms with Gasteiger partial charge in [0.15, 0.2) is 15.8 Å². The molecule has 0 saturated carbocycles. The van der Waals surface area contributed by atoms with E-state index in [0.717, 1.165) is 0 Å². The lowest BCUT2D eigenvalue weighted by molar-refractivity contribution is -0.0504. The Morgan fingerprint density at radius 3 is 2.61 bits per heavy atom. The van der Waals surface area contributed by atoms with Crippen molar-refractivity contribution in [1.82, 2.24) is 10.6 Å². The average Bonchev–Trinajstić information content (AvgIpc) is 2.51. The maximum Gasteiger partial charge on any atom is 0.387 e. The maximum absolute atomic E-state index is 12.3. The molecule has 9 heteroatoms. The van der Waals surface area contributed by atoms with Crippen LogP contribution in [0.15, 0.2) is 29.3 Å². The third-order valence-electron chi connectivity index (χ3n) is 3.00. The number of guanidine groups is 1. The molecule has 1 aromatic rings. The minimum Gasteiger partial charge on any atom is -0.434 e. The van der Waals surface area contributed by atoms with Crippen LogP contribution >= 0.6 is 0 Å². The first-order valence-electron chi connectivity index (χ1n) is 7.05. The van der Waals surface area contributed by atoms with Crippen LogP contribution in [-0.2, 0) is 16.4 Å². The Balaban J connectivity index is 2.55. The molecule has 0 aromatic heterocycles. The second-order valence-electron chi connectivity index (χ2n) is 4.58. The SMILES string of the molecule is CCS(=O)(=O)CCNC(=NC)NCc1ccccc1OC(F)F. The van der Waals surface area contributed by atoms with E-state index in [9.17, 15) is 17.2 Å². The number of nitrogens with zero attached hydrogens (tertiary/aromatic N) is 1. The van der Waals surface area contributed by atoms with Crippen molar-refractivity contribution in [3.05, 3.63) is 29.8 Å². The van der Waals surface area contributed by atoms with Gasteiger partial charge in [-0.1, -0.05) is 25.1 Å². The normalized spacial score (nSPS) is 12.3. The van der Waals surface area contributed by atoms with Crippen molar-refractivity contribution in [2.45, 2.75) is 20.1 Å². The fourth-order valence-electron chi connectivity index (χ4n) is 1.73. The van der Waals surface area contributed by atoms with Crippen molar-refractivity contribution in [2.75, 3.05) is 25.1 Å². The molecule has 0 unspecified atom stereocenters. The lowest BCUT2D eigenvalue weighted by atomic mass is 10.2. The second kappa shape index (κ2) is 9.29. The first-order chi connectivity index (χ1) is 10.9. The van der Waals surface area contributed by atoms with Crippen LogP contribution in [0.2, 0.25) is 0 Å². The van der Waals surface area contributed by atoms with Crippen LogP contribution in [0.4, 0.5) is 8.78 Å². The predicted octanol–water partition coefficient (Wildman–Crippen LogP) is 1.39. The van der Waals surface area contributed by atoms with E-state index >= 15 is 0 Å². The Hall–Kier alpha value is -1.90. The summed E-state index contributed by atoms with van der Waals surface area (Å²) in [5, 5.41) is 5.78. The zero-order chi connectivity index (χ0) is 17.3. The van der Waals surface area contributed by atoms with E-state index in [1.54, 1.807) is 25.1 Å². The molecule has 0 bridgehead atoms. The van der Waals surface area contributed by atoms with Crippen molar-refractivity contribution in [2.24, 2.45) is 4.99 Å². The van der Waals surface area contributed by atoms with Crippen molar-refractivity contribution >= 4 is 15.8 Å². The molecule has 1 rings (SSSR count). The van der Waals surface area contributed by atoms with Gasteiger partial charge in [0.1, 0.15) is 5.75 Å². The monoisotopic (exact) mass is 349 g/mol. The molecule has 0 radical (unpaired) electrons. The first kappa shape index (κ1) is 19.1. The number of nitrogens with one attached hydrogen (secondary N) is 2. The summed E-state index contributed by atoms with van der Waals surface area (Å²) in [5.74, 6) is 0.538. The molecule has 0 fully saturated rings. The molecule has 2 N–H and O–H groups in total. The Labute approximate surface area is 134 Å². The van der Waals surface area contributed by atoms with Gasteiger partial charge in [-0.05, 0) is 6.07 Å². The Kier molecular flexibility index (Phi) is 7.73. The lowest BCUT2D eigenvalue weighted by Crippen LogP contribution is -2.39. The fraction of sp³-hybridized carbons (Fsp3) is 0.500. The van der Waals surface area contributed by atoms with Gasteiger partial charge in [-0.3, -0.25) is 4.99 Å². The van der Waals surface area contributed by atoms with Gasteiger partial charge < -0.3 is 15.4 Å². The Morgan fingerprint density at radius 1 is 1.30 bits per heavy atom. The molecule has 130 valence electrons. The number of hydrogen-bond donors (Lipinski definition) is 2. The van der Waals surface area contributed by atoms with E-state index in [1.165, 1.54) is 13.1 Å². The van der Waals surface area contributed by atoms with Gasteiger partial charge >= 0.3 is 6.61 Å². The summed E-state index contributed by atoms with van der Waals surface area (Å²) < 4.78 is 51.9. The van der Waals surface area contributed by atoms with Crippen molar-refractivity contribution in [1.29, 1.82) is 0 Å². The van der Waals surface area contributed by atoms with Crippen LogP contribution in [0.25, 0.3) is 0 Å². The molecule has 0 saturated heterocycles. The highest BCUT2D eigenvalue weighted by atomic mass is 32.2. The number of para-hydroxylation sites is 1. The topological polar surface area (TPSA) is 79.8 Å². The van der Waals surface area contributed by atoms with E-state index in [2.05, 4.69) is 20.4 Å². The maximum atomic E-state index is 12.3. The predicted molar refractivity (Wildman–Crippen MR) is 85.6 cm³/mol. The van der Waals surface area contributed by atoms with E-state index in [1.807, 2.05) is 0 Å². The van der Waals surface area contributed by atoms with Gasteiger partial charge in [0.2, 0.25) is 0 Å². The van der Waals surface area contributed by atoms with E-state index in [0.29, 0.717) is 11.5 Å². The molecule has 0 aliphatic carbocycles. The quantitative estimate of drug-likeness (QED) is 0.548. The summed E-state index contributed by atoms with van der Waals surface area (Å²) >= 11 is 0. The van der Waals surface area contributed by atoms with E-state index in [4.69, 9.17) is 0 Å². The summed E-state index contributed by atoms with van der Waals surface area (Å²) in [5.41, 5.74) is 0.539. The van der Waals surface area contributed by atoms with Gasteiger partial charge in [-0.15, -0.1) is 0 Å². The molecular weight excluding hydrogens is 328 g/mol. The minimum atomic E-state index is -3.06. The molecule has 23 heavy (non-hydrogen) atoms. The summed E-state index contributed by atoms with van der Waals surface area (Å²) in [7, 11) is -1.53. The lowest BCUT2D eigenvalue weighted by Gasteiger charge is -2.14. The molecule has 0 atom stereocenters. The van der Waals surface area contributed by atoms with Gasteiger partial charge in [0.25, 0.3) is 0 Å². The highest BCUT2D eigenvalue weighted by Gasteiger charge is 2.10. The number of rotatable bonds is 8. The van der Waals surface area contributed by atoms with Gasteiger partial charge in [0, 0.05) is 31.5 Å². The molecule has 0 spiro atoms. The third kappa shape index (κ3) is 7.27. The number of benzene rings is 1. The van der Waals surface area contributed by atoms with E-state index in [-0.39, 0.29) is 30.3 Å². The molecule has 0 aliphatic rings. The van der Waals surface area contributed by atoms with Gasteiger partial charge in [0.05, 0.1) is 5.75 Å². The zero-order valence-electron chi connectivity index (χ0n) is 13.1. The molecule has 6 nitrogen and oxygen atoms in total. The summed E-state index contributed by atoms with van der Waals surface area (Å²) in [4.78, 5) is 3.95. The fourth-order valence-corrected chi connectivity index (χ4v) is 2.43. The van der Waals surface area contributed by atoms with Crippen LogP contribution in [0.3, 0.4) is 0 Å². The molecule has 1 aromatic carbocycles. The zero-order valence-corrected chi connectivity index (χ0v) is 13.9. The van der Waals surface area contributed by atoms with Gasteiger partial charge in [-0.2, -0.15) is 8.78 Å². The van der Waals surface area contributed by atoms with Crippen LogP contribution < -0.4 is 15.4 Å². The summed E-state index contributed by atoms with van der Waals surface area (Å²) in [6.07, 6.45) is 0. The number of alkyl halides is 2. The average molecular weight is 349 g/mol. The van der Waals surface area contributed by atoms with Gasteiger partial charge in [-0.25, -0.2) is 8.42 Å². The summed E-state index contributed by atoms with van der Waals surface area (Å²) in [6.45, 7) is -0.885. The number of aliphatic imine (C=N–C) groups is 1. The van der Waals surface area contributed by atoms with Crippen LogP contribution in [0, 0.1) is 0 Å². The number of hydrogen-bond acceptors (Lipinski definition) is 4. The largest absolute Gasteiger partial charge is 0.434 e. The van der Waals surface area contributed by atoms with E-state index < -0.39 is 16.4 Å². The molecule has 0 heterocycles. The standard InChI is InChI=1S/C14H21F2N3O3S/c1-3-23(20,21)9-8-18-14(17-2)19-10-11-6-4-5-7-12(11)22-13(15)16/h4-7,13H,3,8-10H2,1-2H3,(H2,17,18,19). The van der Waals surface area contributed by atoms with Crippen LogP contribution in [0.1, 0.15) is 12.5 Å². The molecule has 0 amide bonds. The first-order valence-corrected chi connectivity index (χ1v) is 8.87. The Morgan fingerprint density at radius 2 is 2.00 bits per heavy atom. The Bertz CT molecular complexity index is 621. The van der Waals surface area contributed by atoms with Crippen molar-refractivity contribution in [3.63, 3.8) is 0 Å². The van der Waals surface area contributed by atoms with Crippen molar-refractivity contribution < 1.29 is 21.9 Å². The van der Waals surface area contributed by atoms with Crippen LogP contribution in [0.5, 0.6) is 5.75 Å². The number of ether oxygens (including phenoxy) is 1. The molecular formula is C14H21F2N3O3S. The van der Waals surface area contributed by atoms with Crippen LogP contribution in [-0.4, -0.2) is 46.1 Å². The highest BCUT2D eigenvalue weighted by Crippen LogP contribution is 2.19. The third-order valence-corrected chi connectivity index (χ3v) is 4.71. The number of sulfone groups is 1. The second-order valence-corrected chi connectivity index (χ2v) is 7.05. The highest BCUT2D eigenvalue weighted by molar-refractivity contribution is 7.91. The molecule has 0 aliphatic heterocycles. The minimum absolute atomic E-state index is 0.00468. The van der Waals surface area contributed by atoms with Crippen molar-refractivity contribution in [3.8, 4) is 5.75 Å².